The first-order chi connectivity index (χ1) is 9.59. The van der Waals surface area contributed by atoms with Crippen LogP contribution < -0.4 is 0 Å². The second-order valence-electron chi connectivity index (χ2n) is 4.98. The van der Waals surface area contributed by atoms with Gasteiger partial charge in [0.25, 0.3) is 0 Å². The number of hydrogen-bond acceptors (Lipinski definition) is 1. The van der Waals surface area contributed by atoms with Gasteiger partial charge in [0.15, 0.2) is 0 Å². The average molecular weight is 366 g/mol. The Labute approximate surface area is 136 Å². The summed E-state index contributed by atoms with van der Waals surface area (Å²) < 4.78 is 0. The summed E-state index contributed by atoms with van der Waals surface area (Å²) >= 11 is 12.0. The third-order valence-corrected chi connectivity index (χ3v) is 6.60. The number of benzene rings is 2. The van der Waals surface area contributed by atoms with E-state index in [0.717, 1.165) is 10.6 Å². The quantitative estimate of drug-likeness (QED) is 0.446. The van der Waals surface area contributed by atoms with Gasteiger partial charge in [-0.25, -0.2) is 0 Å². The molecule has 1 atom stereocenters. The molecule has 1 heterocycles. The zero-order chi connectivity index (χ0) is 14.3. The Morgan fingerprint density at radius 1 is 1.05 bits per heavy atom. The highest BCUT2D eigenvalue weighted by Gasteiger charge is 2.20. The fourth-order valence-electron chi connectivity index (χ4n) is 2.49. The average Bonchev–Trinajstić information content (AvgIpc) is 2.78. The van der Waals surface area contributed by atoms with E-state index in [2.05, 4.69) is 71.6 Å². The molecular weight excluding hydrogens is 352 g/mol. The van der Waals surface area contributed by atoms with Crippen LogP contribution in [0.25, 0.3) is 10.8 Å². The van der Waals surface area contributed by atoms with Gasteiger partial charge in [-0.3, -0.25) is 0 Å². The number of hydrogen-bond donors (Lipinski definition) is 0. The normalized spacial score (nSPS) is 12.8. The Balaban J connectivity index is 2.23. The van der Waals surface area contributed by atoms with E-state index in [-0.39, 0.29) is 4.83 Å². The van der Waals surface area contributed by atoms with Gasteiger partial charge >= 0.3 is 0 Å². The molecule has 0 radical (unpaired) electrons. The summed E-state index contributed by atoms with van der Waals surface area (Å²) in [6, 6.07) is 12.9. The molecule has 1 unspecified atom stereocenters. The van der Waals surface area contributed by atoms with Crippen LogP contribution in [0.2, 0.25) is 5.02 Å². The van der Waals surface area contributed by atoms with Crippen molar-refractivity contribution < 1.29 is 0 Å². The van der Waals surface area contributed by atoms with Crippen LogP contribution in [0.15, 0.2) is 41.8 Å². The van der Waals surface area contributed by atoms with Crippen molar-refractivity contribution in [3.8, 4) is 0 Å². The van der Waals surface area contributed by atoms with Crippen LogP contribution in [0.5, 0.6) is 0 Å². The Morgan fingerprint density at radius 2 is 1.80 bits per heavy atom. The molecule has 20 heavy (non-hydrogen) atoms. The summed E-state index contributed by atoms with van der Waals surface area (Å²) in [5.41, 5.74) is 3.74. The van der Waals surface area contributed by atoms with Crippen molar-refractivity contribution in [1.82, 2.24) is 0 Å². The van der Waals surface area contributed by atoms with Gasteiger partial charge in [-0.05, 0) is 46.7 Å². The predicted octanol–water partition coefficient (Wildman–Crippen LogP) is 6.66. The monoisotopic (exact) mass is 364 g/mol. The zero-order valence-electron chi connectivity index (χ0n) is 11.3. The number of halogens is 2. The Bertz CT molecular complexity index is 776. The van der Waals surface area contributed by atoms with Gasteiger partial charge in [0.05, 0.1) is 9.85 Å². The molecule has 0 bridgehead atoms. The maximum atomic E-state index is 6.44. The van der Waals surface area contributed by atoms with Gasteiger partial charge in [0.2, 0.25) is 0 Å². The summed E-state index contributed by atoms with van der Waals surface area (Å²) in [6.45, 7) is 4.21. The lowest BCUT2D eigenvalue weighted by atomic mass is 9.96. The smallest absolute Gasteiger partial charge is 0.0761 e. The fourth-order valence-corrected chi connectivity index (χ4v) is 5.07. The minimum Gasteiger partial charge on any atom is -0.145 e. The standard InChI is InChI=1S/C17H14BrClS/c1-10-7-8-12-5-3-4-6-13(12)14(10)15(18)17-16(19)11(2)9-20-17/h3-9,15H,1-2H3. The Morgan fingerprint density at radius 3 is 2.50 bits per heavy atom. The van der Waals surface area contributed by atoms with Crippen LogP contribution in [0.4, 0.5) is 0 Å². The number of alkyl halides is 1. The van der Waals surface area contributed by atoms with Crippen molar-refractivity contribution >= 4 is 49.6 Å². The first-order valence-corrected chi connectivity index (χ1v) is 8.62. The van der Waals surface area contributed by atoms with E-state index in [1.54, 1.807) is 11.3 Å². The van der Waals surface area contributed by atoms with Gasteiger partial charge in [0, 0.05) is 4.88 Å². The summed E-state index contributed by atoms with van der Waals surface area (Å²) in [7, 11) is 0. The minimum atomic E-state index is 0.139. The molecule has 3 aromatic rings. The number of thiophene rings is 1. The topological polar surface area (TPSA) is 0 Å². The highest BCUT2D eigenvalue weighted by atomic mass is 79.9. The largest absolute Gasteiger partial charge is 0.145 e. The third kappa shape index (κ3) is 2.30. The fraction of sp³-hybridized carbons (Fsp3) is 0.176. The SMILES string of the molecule is Cc1csc(C(Br)c2c(C)ccc3ccccc23)c1Cl. The summed E-state index contributed by atoms with van der Waals surface area (Å²) in [6.07, 6.45) is 0. The molecule has 102 valence electrons. The van der Waals surface area contributed by atoms with Crippen molar-refractivity contribution in [2.24, 2.45) is 0 Å². The van der Waals surface area contributed by atoms with Crippen LogP contribution >= 0.6 is 38.9 Å². The molecule has 0 spiro atoms. The minimum absolute atomic E-state index is 0.139. The lowest BCUT2D eigenvalue weighted by molar-refractivity contribution is 1.20. The third-order valence-electron chi connectivity index (χ3n) is 3.60. The van der Waals surface area contributed by atoms with Gasteiger partial charge in [-0.15, -0.1) is 11.3 Å². The van der Waals surface area contributed by atoms with Crippen molar-refractivity contribution in [2.45, 2.75) is 18.7 Å². The second-order valence-corrected chi connectivity index (χ2v) is 7.18. The van der Waals surface area contributed by atoms with Crippen LogP contribution in [-0.2, 0) is 0 Å². The molecule has 0 nitrogen and oxygen atoms in total. The molecule has 3 rings (SSSR count). The van der Waals surface area contributed by atoms with E-state index >= 15 is 0 Å². The van der Waals surface area contributed by atoms with Crippen molar-refractivity contribution in [1.29, 1.82) is 0 Å². The van der Waals surface area contributed by atoms with Gasteiger partial charge < -0.3 is 0 Å². The van der Waals surface area contributed by atoms with Gasteiger partial charge in [-0.2, -0.15) is 0 Å². The lowest BCUT2D eigenvalue weighted by Gasteiger charge is -2.16. The molecule has 0 fully saturated rings. The Hall–Kier alpha value is -0.830. The lowest BCUT2D eigenvalue weighted by Crippen LogP contribution is -1.96. The van der Waals surface area contributed by atoms with E-state index in [9.17, 15) is 0 Å². The van der Waals surface area contributed by atoms with E-state index in [1.165, 1.54) is 26.8 Å². The maximum Gasteiger partial charge on any atom is 0.0761 e. The van der Waals surface area contributed by atoms with Crippen molar-refractivity contribution in [3.05, 3.63) is 68.4 Å². The molecule has 1 aromatic heterocycles. The summed E-state index contributed by atoms with van der Waals surface area (Å²) in [5.74, 6) is 0. The molecule has 3 heteroatoms. The van der Waals surface area contributed by atoms with E-state index in [0.29, 0.717) is 0 Å². The molecule has 0 aliphatic carbocycles. The number of aryl methyl sites for hydroxylation is 2. The van der Waals surface area contributed by atoms with E-state index < -0.39 is 0 Å². The van der Waals surface area contributed by atoms with Crippen LogP contribution in [0, 0.1) is 13.8 Å². The Kier molecular flexibility index (Phi) is 3.89. The highest BCUT2D eigenvalue weighted by molar-refractivity contribution is 9.09. The molecule has 0 saturated carbocycles. The summed E-state index contributed by atoms with van der Waals surface area (Å²) in [4.78, 5) is 1.32. The number of rotatable bonds is 2. The van der Waals surface area contributed by atoms with Gasteiger partial charge in [0.1, 0.15) is 0 Å². The van der Waals surface area contributed by atoms with Gasteiger partial charge in [-0.1, -0.05) is 63.9 Å². The number of fused-ring (bicyclic) bond motifs is 1. The van der Waals surface area contributed by atoms with Crippen LogP contribution in [0.3, 0.4) is 0 Å². The second kappa shape index (κ2) is 5.51. The van der Waals surface area contributed by atoms with Crippen LogP contribution in [-0.4, -0.2) is 0 Å². The first kappa shape index (κ1) is 14.1. The zero-order valence-corrected chi connectivity index (χ0v) is 14.4. The molecule has 0 N–H and O–H groups in total. The van der Waals surface area contributed by atoms with E-state index in [4.69, 9.17) is 11.6 Å². The summed E-state index contributed by atoms with van der Waals surface area (Å²) in [5, 5.41) is 5.55. The maximum absolute atomic E-state index is 6.44. The molecule has 0 aliphatic rings. The molecular formula is C17H14BrClS. The highest BCUT2D eigenvalue weighted by Crippen LogP contribution is 2.43. The molecule has 0 saturated heterocycles. The molecule has 0 amide bonds. The molecule has 0 aliphatic heterocycles. The van der Waals surface area contributed by atoms with Crippen LogP contribution in [0.1, 0.15) is 26.4 Å². The molecule has 2 aromatic carbocycles. The van der Waals surface area contributed by atoms with Crippen molar-refractivity contribution in [2.75, 3.05) is 0 Å². The predicted molar refractivity (Wildman–Crippen MR) is 93.5 cm³/mol. The van der Waals surface area contributed by atoms with E-state index in [1.807, 2.05) is 0 Å². The van der Waals surface area contributed by atoms with Crippen molar-refractivity contribution in [3.63, 3.8) is 0 Å². The first-order valence-electron chi connectivity index (χ1n) is 6.45.